The molecule has 6 N–H and O–H groups in total. The van der Waals surface area contributed by atoms with E-state index in [1.54, 1.807) is 0 Å². The molecular formula is C12H18N2O8. The number of esters is 1. The lowest BCUT2D eigenvalue weighted by Crippen LogP contribution is -2.42. The topological polar surface area (TPSA) is 176 Å². The fourth-order valence-corrected chi connectivity index (χ4v) is 0.718. The predicted molar refractivity (Wildman–Crippen MR) is 73.6 cm³/mol. The van der Waals surface area contributed by atoms with Gasteiger partial charge in [-0.3, -0.25) is 9.59 Å². The summed E-state index contributed by atoms with van der Waals surface area (Å²) < 4.78 is 4.35. The number of hydrogen-bond donors (Lipinski definition) is 5. The summed E-state index contributed by atoms with van der Waals surface area (Å²) in [6.07, 6.45) is 1.88. The summed E-state index contributed by atoms with van der Waals surface area (Å²) in [5, 5.41) is 27.0. The van der Waals surface area contributed by atoms with Crippen LogP contribution in [0.5, 0.6) is 0 Å². The molecule has 124 valence electrons. The molecule has 0 aromatic rings. The molecule has 0 aromatic carbocycles. The Kier molecular flexibility index (Phi) is 11.8. The molecule has 0 radical (unpaired) electrons. The molecule has 0 aliphatic carbocycles. The zero-order valence-electron chi connectivity index (χ0n) is 11.6. The number of nitrogens with two attached hydrogens (primary N) is 1. The Morgan fingerprint density at radius 2 is 1.68 bits per heavy atom. The van der Waals surface area contributed by atoms with Crippen molar-refractivity contribution < 1.29 is 39.2 Å². The first-order chi connectivity index (χ1) is 10.2. The second kappa shape index (κ2) is 12.1. The number of aliphatic hydroxyl groups excluding tert-OH is 1. The lowest BCUT2D eigenvalue weighted by atomic mass is 10.3. The van der Waals surface area contributed by atoms with Crippen LogP contribution in [0.2, 0.25) is 0 Å². The van der Waals surface area contributed by atoms with Crippen molar-refractivity contribution in [2.24, 2.45) is 5.73 Å². The number of ether oxygens (including phenoxy) is 1. The van der Waals surface area contributed by atoms with Crippen LogP contribution in [0.3, 0.4) is 0 Å². The van der Waals surface area contributed by atoms with E-state index in [1.165, 1.54) is 0 Å². The average molecular weight is 318 g/mol. The Hall–Kier alpha value is -2.72. The highest BCUT2D eigenvalue weighted by atomic mass is 16.5. The molecule has 2 unspecified atom stereocenters. The first-order valence-electron chi connectivity index (χ1n) is 5.73. The molecule has 22 heavy (non-hydrogen) atoms. The third-order valence-corrected chi connectivity index (χ3v) is 1.87. The molecule has 0 aliphatic heterocycles. The summed E-state index contributed by atoms with van der Waals surface area (Å²) in [5.74, 6) is -3.78. The lowest BCUT2D eigenvalue weighted by molar-refractivity contribution is -0.144. The summed E-state index contributed by atoms with van der Waals surface area (Å²) in [6.45, 7) is 5.28. The van der Waals surface area contributed by atoms with Crippen molar-refractivity contribution in [1.82, 2.24) is 5.32 Å². The van der Waals surface area contributed by atoms with Crippen molar-refractivity contribution in [3.05, 3.63) is 25.3 Å². The molecule has 10 nitrogen and oxygen atoms in total. The maximum absolute atomic E-state index is 10.5. The molecule has 10 heteroatoms. The van der Waals surface area contributed by atoms with Crippen LogP contribution in [0, 0.1) is 0 Å². The monoisotopic (exact) mass is 318 g/mol. The van der Waals surface area contributed by atoms with E-state index in [-0.39, 0.29) is 6.61 Å². The zero-order valence-corrected chi connectivity index (χ0v) is 11.6. The average Bonchev–Trinajstić information content (AvgIpc) is 2.49. The van der Waals surface area contributed by atoms with Gasteiger partial charge in [-0.15, -0.1) is 0 Å². The number of amides is 1. The van der Waals surface area contributed by atoms with Crippen LogP contribution >= 0.6 is 0 Å². The Morgan fingerprint density at radius 3 is 2.00 bits per heavy atom. The quantitative estimate of drug-likeness (QED) is 0.247. The standard InChI is InChI=1S/2C6H9NO4/c1-2-5(8)11-3-4(7)6(9)10;1-2-5(9)7-4(3-8)6(10)11/h2,4H,1,3,7H2,(H,9,10);2,4,8H,1,3H2,(H,7,9)(H,10,11). The van der Waals surface area contributed by atoms with E-state index >= 15 is 0 Å². The number of carbonyl (C=O) groups excluding carboxylic acids is 2. The van der Waals surface area contributed by atoms with Crippen LogP contribution in [0.25, 0.3) is 0 Å². The van der Waals surface area contributed by atoms with Gasteiger partial charge in [0.05, 0.1) is 6.61 Å². The van der Waals surface area contributed by atoms with Crippen LogP contribution in [0.4, 0.5) is 0 Å². The summed E-state index contributed by atoms with van der Waals surface area (Å²) in [4.78, 5) is 41.1. The number of carboxylic acid groups (broad SMARTS) is 2. The molecular weight excluding hydrogens is 300 g/mol. The van der Waals surface area contributed by atoms with Crippen LogP contribution in [0.15, 0.2) is 25.3 Å². The summed E-state index contributed by atoms with van der Waals surface area (Å²) in [5.41, 5.74) is 5.01. The molecule has 0 aliphatic rings. The van der Waals surface area contributed by atoms with Gasteiger partial charge in [-0.2, -0.15) is 0 Å². The highest BCUT2D eigenvalue weighted by Crippen LogP contribution is 1.84. The van der Waals surface area contributed by atoms with Gasteiger partial charge in [0.25, 0.3) is 0 Å². The van der Waals surface area contributed by atoms with Crippen LogP contribution in [0.1, 0.15) is 0 Å². The minimum absolute atomic E-state index is 0.333. The first kappa shape index (κ1) is 21.6. The van der Waals surface area contributed by atoms with Crippen LogP contribution in [-0.4, -0.2) is 64.4 Å². The second-order valence-corrected chi connectivity index (χ2v) is 3.57. The third kappa shape index (κ3) is 11.1. The summed E-state index contributed by atoms with van der Waals surface area (Å²) >= 11 is 0. The predicted octanol–water partition coefficient (Wildman–Crippen LogP) is -2.14. The van der Waals surface area contributed by atoms with Gasteiger partial charge in [0.2, 0.25) is 5.91 Å². The number of aliphatic carboxylic acids is 2. The fraction of sp³-hybridized carbons (Fsp3) is 0.333. The van der Waals surface area contributed by atoms with Crippen molar-refractivity contribution in [3.63, 3.8) is 0 Å². The van der Waals surface area contributed by atoms with Gasteiger partial charge >= 0.3 is 17.9 Å². The Morgan fingerprint density at radius 1 is 1.14 bits per heavy atom. The van der Waals surface area contributed by atoms with Crippen molar-refractivity contribution in [1.29, 1.82) is 0 Å². The smallest absolute Gasteiger partial charge is 0.330 e. The SMILES string of the molecule is C=CC(=O)NC(CO)C(=O)O.C=CC(=O)OCC(N)C(=O)O. The lowest BCUT2D eigenvalue weighted by Gasteiger charge is -2.08. The van der Waals surface area contributed by atoms with Gasteiger partial charge in [-0.1, -0.05) is 13.2 Å². The maximum atomic E-state index is 10.5. The number of hydrogen-bond acceptors (Lipinski definition) is 7. The Balaban J connectivity index is 0. The molecule has 0 fully saturated rings. The van der Waals surface area contributed by atoms with Gasteiger partial charge in [-0.25, -0.2) is 9.59 Å². The summed E-state index contributed by atoms with van der Waals surface area (Å²) in [6, 6.07) is -2.42. The van der Waals surface area contributed by atoms with E-state index in [1.807, 2.05) is 5.32 Å². The number of carbonyl (C=O) groups is 4. The van der Waals surface area contributed by atoms with Gasteiger partial charge in [0.1, 0.15) is 12.6 Å². The van der Waals surface area contributed by atoms with Crippen molar-refractivity contribution >= 4 is 23.8 Å². The Bertz CT molecular complexity index is 435. The highest BCUT2D eigenvalue weighted by Gasteiger charge is 2.16. The van der Waals surface area contributed by atoms with Gasteiger partial charge < -0.3 is 31.1 Å². The van der Waals surface area contributed by atoms with Crippen LogP contribution in [-0.2, 0) is 23.9 Å². The molecule has 0 bridgehead atoms. The van der Waals surface area contributed by atoms with E-state index in [4.69, 9.17) is 21.1 Å². The van der Waals surface area contributed by atoms with Gasteiger partial charge in [0.15, 0.2) is 6.04 Å². The third-order valence-electron chi connectivity index (χ3n) is 1.87. The van der Waals surface area contributed by atoms with Crippen LogP contribution < -0.4 is 11.1 Å². The van der Waals surface area contributed by atoms with Crippen molar-refractivity contribution in [3.8, 4) is 0 Å². The van der Waals surface area contributed by atoms with Gasteiger partial charge in [-0.05, 0) is 6.08 Å². The number of nitrogens with one attached hydrogen (secondary N) is 1. The fourth-order valence-electron chi connectivity index (χ4n) is 0.718. The number of rotatable bonds is 8. The van der Waals surface area contributed by atoms with E-state index in [0.29, 0.717) is 0 Å². The normalized spacial score (nSPS) is 11.7. The van der Waals surface area contributed by atoms with Crippen molar-refractivity contribution in [2.75, 3.05) is 13.2 Å². The van der Waals surface area contributed by atoms with E-state index in [0.717, 1.165) is 12.2 Å². The highest BCUT2D eigenvalue weighted by molar-refractivity contribution is 5.90. The minimum Gasteiger partial charge on any atom is -0.480 e. The van der Waals surface area contributed by atoms with Gasteiger partial charge in [0, 0.05) is 6.08 Å². The molecule has 0 rings (SSSR count). The summed E-state index contributed by atoms with van der Waals surface area (Å²) in [7, 11) is 0. The molecule has 0 aromatic heterocycles. The molecule has 0 spiro atoms. The zero-order chi connectivity index (χ0) is 17.7. The van der Waals surface area contributed by atoms with E-state index in [9.17, 15) is 19.2 Å². The van der Waals surface area contributed by atoms with E-state index < -0.39 is 42.5 Å². The van der Waals surface area contributed by atoms with Crippen molar-refractivity contribution in [2.45, 2.75) is 12.1 Å². The minimum atomic E-state index is -1.28. The largest absolute Gasteiger partial charge is 0.480 e. The van der Waals surface area contributed by atoms with E-state index in [2.05, 4.69) is 17.9 Å². The maximum Gasteiger partial charge on any atom is 0.330 e. The number of carboxylic acids is 2. The molecule has 0 saturated heterocycles. The molecule has 1 amide bonds. The molecule has 2 atom stereocenters. The Labute approximate surface area is 125 Å². The molecule has 0 heterocycles. The first-order valence-corrected chi connectivity index (χ1v) is 5.73. The second-order valence-electron chi connectivity index (χ2n) is 3.57. The number of aliphatic hydroxyl groups is 1. The molecule has 0 saturated carbocycles.